The monoisotopic (exact) mass is 321 g/mol. The third-order valence-electron chi connectivity index (χ3n) is 4.03. The molecule has 5 heteroatoms. The summed E-state index contributed by atoms with van der Waals surface area (Å²) >= 11 is 0. The van der Waals surface area contributed by atoms with Crippen LogP contribution < -0.4 is 11.1 Å². The van der Waals surface area contributed by atoms with Crippen molar-refractivity contribution in [3.8, 4) is 0 Å². The first-order valence-electron chi connectivity index (χ1n) is 7.85. The third-order valence-corrected chi connectivity index (χ3v) is 4.03. The van der Waals surface area contributed by atoms with E-state index in [2.05, 4.69) is 10.3 Å². The van der Waals surface area contributed by atoms with Gasteiger partial charge in [-0.25, -0.2) is 0 Å². The number of aryl methyl sites for hydroxylation is 1. The Morgan fingerprint density at radius 2 is 1.88 bits per heavy atom. The van der Waals surface area contributed by atoms with Crippen LogP contribution in [0.1, 0.15) is 22.3 Å². The molecule has 3 aromatic rings. The molecule has 0 aliphatic rings. The minimum absolute atomic E-state index is 0.296. The molecule has 4 N–H and O–H groups in total. The van der Waals surface area contributed by atoms with Gasteiger partial charge in [-0.15, -0.1) is 0 Å². The first-order valence-corrected chi connectivity index (χ1v) is 7.85. The normalized spacial score (nSPS) is 12.0. The predicted molar refractivity (Wildman–Crippen MR) is 93.5 cm³/mol. The van der Waals surface area contributed by atoms with E-state index >= 15 is 0 Å². The summed E-state index contributed by atoms with van der Waals surface area (Å²) in [6.07, 6.45) is 2.96. The molecule has 0 bridgehead atoms. The maximum Gasteiger partial charge on any atom is 0.251 e. The number of H-pyrrole nitrogens is 1. The average Bonchev–Trinajstić information content (AvgIpc) is 3.06. The number of benzene rings is 2. The van der Waals surface area contributed by atoms with Gasteiger partial charge < -0.3 is 16.0 Å². The van der Waals surface area contributed by atoms with Crippen LogP contribution >= 0.6 is 0 Å². The fourth-order valence-corrected chi connectivity index (χ4v) is 2.68. The van der Waals surface area contributed by atoms with Gasteiger partial charge in [0.05, 0.1) is 0 Å². The summed E-state index contributed by atoms with van der Waals surface area (Å²) in [6, 6.07) is 16.4. The summed E-state index contributed by atoms with van der Waals surface area (Å²) in [5.41, 5.74) is 8.01. The second-order valence-corrected chi connectivity index (χ2v) is 5.73. The number of amides is 2. The van der Waals surface area contributed by atoms with Crippen molar-refractivity contribution >= 4 is 22.7 Å². The number of carbonyl (C=O) groups is 2. The molecular weight excluding hydrogens is 302 g/mol. The molecule has 1 aromatic heterocycles. The van der Waals surface area contributed by atoms with E-state index in [4.69, 9.17) is 5.73 Å². The van der Waals surface area contributed by atoms with Crippen LogP contribution in [0.25, 0.3) is 10.9 Å². The molecule has 0 radical (unpaired) electrons. The van der Waals surface area contributed by atoms with E-state index in [1.807, 2.05) is 48.7 Å². The highest BCUT2D eigenvalue weighted by Crippen LogP contribution is 2.14. The lowest BCUT2D eigenvalue weighted by molar-refractivity contribution is -0.120. The molecule has 0 saturated carbocycles. The highest BCUT2D eigenvalue weighted by atomic mass is 16.2. The average molecular weight is 321 g/mol. The highest BCUT2D eigenvalue weighted by molar-refractivity contribution is 6.00. The predicted octanol–water partition coefficient (Wildman–Crippen LogP) is 2.38. The Morgan fingerprint density at radius 1 is 1.08 bits per heavy atom. The highest BCUT2D eigenvalue weighted by Gasteiger charge is 2.19. The molecular formula is C19H19N3O2. The van der Waals surface area contributed by atoms with Crippen LogP contribution in [-0.4, -0.2) is 22.8 Å². The van der Waals surface area contributed by atoms with Gasteiger partial charge in [0, 0.05) is 22.7 Å². The largest absolute Gasteiger partial charge is 0.368 e. The van der Waals surface area contributed by atoms with Gasteiger partial charge in [0.25, 0.3) is 5.91 Å². The SMILES string of the molecule is NC(=O)[C@H](CCc1ccccc1)NC(=O)c1ccc2[nH]ccc2c1. The molecule has 1 heterocycles. The van der Waals surface area contributed by atoms with Gasteiger partial charge in [0.15, 0.2) is 0 Å². The van der Waals surface area contributed by atoms with Gasteiger partial charge in [0.2, 0.25) is 5.91 Å². The molecule has 5 nitrogen and oxygen atoms in total. The molecule has 0 aliphatic carbocycles. The zero-order chi connectivity index (χ0) is 16.9. The Kier molecular flexibility index (Phi) is 4.61. The summed E-state index contributed by atoms with van der Waals surface area (Å²) in [4.78, 5) is 27.1. The number of aromatic amines is 1. The van der Waals surface area contributed by atoms with Crippen LogP contribution in [0.15, 0.2) is 60.8 Å². The van der Waals surface area contributed by atoms with E-state index in [-0.39, 0.29) is 5.91 Å². The van der Waals surface area contributed by atoms with E-state index in [9.17, 15) is 9.59 Å². The van der Waals surface area contributed by atoms with Crippen molar-refractivity contribution in [3.63, 3.8) is 0 Å². The van der Waals surface area contributed by atoms with Crippen molar-refractivity contribution in [2.75, 3.05) is 0 Å². The smallest absolute Gasteiger partial charge is 0.251 e. The van der Waals surface area contributed by atoms with Crippen LogP contribution in [0.2, 0.25) is 0 Å². The Bertz CT molecular complexity index is 855. The number of hydrogen-bond donors (Lipinski definition) is 3. The molecule has 1 atom stereocenters. The maximum atomic E-state index is 12.4. The first kappa shape index (κ1) is 15.8. The second-order valence-electron chi connectivity index (χ2n) is 5.73. The number of nitrogens with one attached hydrogen (secondary N) is 2. The first-order chi connectivity index (χ1) is 11.6. The Morgan fingerprint density at radius 3 is 2.62 bits per heavy atom. The zero-order valence-electron chi connectivity index (χ0n) is 13.2. The number of aromatic nitrogens is 1. The van der Waals surface area contributed by atoms with Crippen LogP contribution in [0.3, 0.4) is 0 Å². The van der Waals surface area contributed by atoms with Crippen LogP contribution in [0, 0.1) is 0 Å². The van der Waals surface area contributed by atoms with Crippen molar-refractivity contribution in [2.45, 2.75) is 18.9 Å². The van der Waals surface area contributed by atoms with Gasteiger partial charge in [-0.1, -0.05) is 30.3 Å². The third kappa shape index (κ3) is 3.63. The Labute approximate surface area is 139 Å². The van der Waals surface area contributed by atoms with Gasteiger partial charge in [-0.2, -0.15) is 0 Å². The maximum absolute atomic E-state index is 12.4. The molecule has 24 heavy (non-hydrogen) atoms. The second kappa shape index (κ2) is 7.00. The standard InChI is InChI=1S/C19H19N3O2/c20-18(23)17(8-6-13-4-2-1-3-5-13)22-19(24)15-7-9-16-14(12-15)10-11-21-16/h1-5,7,9-12,17,21H,6,8H2,(H2,20,23)(H,22,24)/t17-/m0/s1. The quantitative estimate of drug-likeness (QED) is 0.651. The fraction of sp³-hybridized carbons (Fsp3) is 0.158. The summed E-state index contributed by atoms with van der Waals surface area (Å²) in [5.74, 6) is -0.822. The zero-order valence-corrected chi connectivity index (χ0v) is 13.2. The molecule has 0 spiro atoms. The lowest BCUT2D eigenvalue weighted by Crippen LogP contribution is -2.44. The van der Waals surface area contributed by atoms with E-state index in [0.717, 1.165) is 16.5 Å². The number of fused-ring (bicyclic) bond motifs is 1. The Balaban J connectivity index is 1.68. The van der Waals surface area contributed by atoms with E-state index in [0.29, 0.717) is 18.4 Å². The topological polar surface area (TPSA) is 88.0 Å². The molecule has 2 aromatic carbocycles. The number of primary amides is 1. The van der Waals surface area contributed by atoms with E-state index in [1.165, 1.54) is 0 Å². The lowest BCUT2D eigenvalue weighted by atomic mass is 10.0. The van der Waals surface area contributed by atoms with E-state index in [1.54, 1.807) is 12.1 Å². The number of nitrogens with two attached hydrogens (primary N) is 1. The van der Waals surface area contributed by atoms with Crippen molar-refractivity contribution < 1.29 is 9.59 Å². The van der Waals surface area contributed by atoms with Crippen molar-refractivity contribution in [3.05, 3.63) is 71.9 Å². The Hall–Kier alpha value is -3.08. The van der Waals surface area contributed by atoms with Crippen LogP contribution in [0.4, 0.5) is 0 Å². The van der Waals surface area contributed by atoms with Gasteiger partial charge in [-0.05, 0) is 42.7 Å². The molecule has 2 amide bonds. The minimum atomic E-state index is -0.695. The van der Waals surface area contributed by atoms with Crippen molar-refractivity contribution in [1.82, 2.24) is 10.3 Å². The van der Waals surface area contributed by atoms with Crippen molar-refractivity contribution in [1.29, 1.82) is 0 Å². The summed E-state index contributed by atoms with van der Waals surface area (Å²) in [7, 11) is 0. The van der Waals surface area contributed by atoms with Crippen LogP contribution in [0.5, 0.6) is 0 Å². The molecule has 0 fully saturated rings. The van der Waals surface area contributed by atoms with E-state index < -0.39 is 11.9 Å². The molecule has 0 unspecified atom stereocenters. The molecule has 122 valence electrons. The van der Waals surface area contributed by atoms with Gasteiger partial charge in [0.1, 0.15) is 6.04 Å². The van der Waals surface area contributed by atoms with Crippen molar-refractivity contribution in [2.24, 2.45) is 5.73 Å². The molecule has 0 aliphatic heterocycles. The number of carbonyl (C=O) groups excluding carboxylic acids is 2. The lowest BCUT2D eigenvalue weighted by Gasteiger charge is -2.15. The number of rotatable bonds is 6. The summed E-state index contributed by atoms with van der Waals surface area (Å²) in [5, 5.41) is 3.68. The summed E-state index contributed by atoms with van der Waals surface area (Å²) < 4.78 is 0. The summed E-state index contributed by atoms with van der Waals surface area (Å²) in [6.45, 7) is 0. The fourth-order valence-electron chi connectivity index (χ4n) is 2.68. The van der Waals surface area contributed by atoms with Gasteiger partial charge in [-0.3, -0.25) is 9.59 Å². The molecule has 0 saturated heterocycles. The minimum Gasteiger partial charge on any atom is -0.368 e. The van der Waals surface area contributed by atoms with Crippen LogP contribution in [-0.2, 0) is 11.2 Å². The number of hydrogen-bond acceptors (Lipinski definition) is 2. The molecule has 3 rings (SSSR count). The van der Waals surface area contributed by atoms with Gasteiger partial charge >= 0.3 is 0 Å².